The second kappa shape index (κ2) is 4.15. The van der Waals surface area contributed by atoms with Crippen LogP contribution >= 0.6 is 0 Å². The summed E-state index contributed by atoms with van der Waals surface area (Å²) in [4.78, 5) is 0. The lowest BCUT2D eigenvalue weighted by Gasteiger charge is -2.22. The first-order chi connectivity index (χ1) is 9.69. The van der Waals surface area contributed by atoms with Crippen LogP contribution < -0.4 is 11.5 Å². The van der Waals surface area contributed by atoms with Gasteiger partial charge in [-0.05, 0) is 23.3 Å². The van der Waals surface area contributed by atoms with Crippen molar-refractivity contribution in [3.8, 4) is 34.4 Å². The molecular weight excluding hydrogens is 248 g/mol. The van der Waals surface area contributed by atoms with Crippen molar-refractivity contribution in [2.45, 2.75) is 0 Å². The molecule has 0 amide bonds. The molecule has 4 N–H and O–H groups in total. The van der Waals surface area contributed by atoms with E-state index >= 15 is 0 Å². The van der Waals surface area contributed by atoms with Crippen molar-refractivity contribution in [3.63, 3.8) is 0 Å². The molecule has 0 heterocycles. The van der Waals surface area contributed by atoms with Crippen LogP contribution in [0.5, 0.6) is 0 Å². The minimum Gasteiger partial charge on any atom is -0.398 e. The van der Waals surface area contributed by atoms with Crippen molar-refractivity contribution in [1.82, 2.24) is 0 Å². The molecule has 0 saturated heterocycles. The van der Waals surface area contributed by atoms with Crippen molar-refractivity contribution < 1.29 is 0 Å². The number of fused-ring (bicyclic) bond motifs is 4. The summed E-state index contributed by atoms with van der Waals surface area (Å²) in [6.07, 6.45) is 0. The number of hydrogen-bond acceptors (Lipinski definition) is 4. The molecule has 0 aromatic heterocycles. The third-order valence-electron chi connectivity index (χ3n) is 3.47. The Morgan fingerprint density at radius 3 is 2.20 bits per heavy atom. The zero-order valence-electron chi connectivity index (χ0n) is 10.5. The Kier molecular flexibility index (Phi) is 2.45. The first-order valence-corrected chi connectivity index (χ1v) is 6.01. The molecule has 0 unspecified atom stereocenters. The van der Waals surface area contributed by atoms with E-state index in [1.165, 1.54) is 0 Å². The molecule has 3 rings (SSSR count). The highest BCUT2D eigenvalue weighted by atomic mass is 14.6. The molecule has 0 spiro atoms. The van der Waals surface area contributed by atoms with Gasteiger partial charge in [0.05, 0.1) is 28.6 Å². The van der Waals surface area contributed by atoms with E-state index in [2.05, 4.69) is 6.07 Å². The van der Waals surface area contributed by atoms with Gasteiger partial charge in [0.1, 0.15) is 6.07 Å². The van der Waals surface area contributed by atoms with Gasteiger partial charge >= 0.3 is 0 Å². The summed E-state index contributed by atoms with van der Waals surface area (Å²) >= 11 is 0. The Morgan fingerprint density at radius 1 is 0.800 bits per heavy atom. The SMILES string of the molecule is N#Cc1ccccc2c3c(N)c(C#N)c(N)ccc-3c1-2. The summed E-state index contributed by atoms with van der Waals surface area (Å²) in [7, 11) is 0. The predicted molar refractivity (Wildman–Crippen MR) is 77.9 cm³/mol. The van der Waals surface area contributed by atoms with Gasteiger partial charge in [-0.25, -0.2) is 0 Å². The van der Waals surface area contributed by atoms with E-state index in [1.54, 1.807) is 12.1 Å². The lowest BCUT2D eigenvalue weighted by molar-refractivity contribution is 1.47. The van der Waals surface area contributed by atoms with E-state index in [4.69, 9.17) is 11.5 Å². The Bertz CT molecular complexity index is 852. The maximum Gasteiger partial charge on any atom is 0.104 e. The summed E-state index contributed by atoms with van der Waals surface area (Å²) < 4.78 is 0. The van der Waals surface area contributed by atoms with E-state index in [0.29, 0.717) is 16.9 Å². The smallest absolute Gasteiger partial charge is 0.104 e. The van der Waals surface area contributed by atoms with E-state index in [9.17, 15) is 10.5 Å². The molecule has 4 heteroatoms. The van der Waals surface area contributed by atoms with Crippen LogP contribution in [-0.2, 0) is 0 Å². The van der Waals surface area contributed by atoms with Crippen LogP contribution in [0.3, 0.4) is 0 Å². The highest BCUT2D eigenvalue weighted by molar-refractivity contribution is 6.09. The van der Waals surface area contributed by atoms with Gasteiger partial charge in [0.25, 0.3) is 0 Å². The van der Waals surface area contributed by atoms with E-state index < -0.39 is 0 Å². The molecular formula is C16H10N4. The molecule has 94 valence electrons. The van der Waals surface area contributed by atoms with Gasteiger partial charge in [0, 0.05) is 11.1 Å². The van der Waals surface area contributed by atoms with Crippen LogP contribution in [0.2, 0.25) is 0 Å². The summed E-state index contributed by atoms with van der Waals surface area (Å²) in [5, 5.41) is 18.4. The minimum absolute atomic E-state index is 0.280. The fourth-order valence-corrected chi connectivity index (χ4v) is 2.53. The van der Waals surface area contributed by atoms with E-state index in [0.717, 1.165) is 22.3 Å². The van der Waals surface area contributed by atoms with Crippen LogP contribution in [0.15, 0.2) is 36.4 Å². The number of nitrogens with zero attached hydrogens (tertiary/aromatic N) is 2. The molecule has 0 aromatic rings. The number of nitrogens with two attached hydrogens (primary N) is 2. The zero-order valence-corrected chi connectivity index (χ0v) is 10.5. The second-order valence-electron chi connectivity index (χ2n) is 4.51. The average Bonchev–Trinajstić information content (AvgIpc) is 2.65. The molecule has 0 saturated carbocycles. The molecule has 4 nitrogen and oxygen atoms in total. The Hall–Kier alpha value is -3.24. The van der Waals surface area contributed by atoms with Crippen molar-refractivity contribution in [2.24, 2.45) is 0 Å². The fraction of sp³-hybridized carbons (Fsp3) is 0. The van der Waals surface area contributed by atoms with Crippen LogP contribution in [-0.4, -0.2) is 0 Å². The van der Waals surface area contributed by atoms with Crippen molar-refractivity contribution in [1.29, 1.82) is 10.5 Å². The Morgan fingerprint density at radius 2 is 1.50 bits per heavy atom. The Labute approximate surface area is 116 Å². The molecule has 0 aliphatic heterocycles. The molecule has 0 radical (unpaired) electrons. The lowest BCUT2D eigenvalue weighted by Crippen LogP contribution is -2.03. The summed E-state index contributed by atoms with van der Waals surface area (Å²) in [5.41, 5.74) is 16.9. The quantitative estimate of drug-likeness (QED) is 0.647. The third kappa shape index (κ3) is 1.39. The monoisotopic (exact) mass is 258 g/mol. The predicted octanol–water partition coefficient (Wildman–Crippen LogP) is 2.80. The third-order valence-corrected chi connectivity index (χ3v) is 3.47. The number of hydrogen-bond donors (Lipinski definition) is 2. The first-order valence-electron chi connectivity index (χ1n) is 6.01. The van der Waals surface area contributed by atoms with Crippen molar-refractivity contribution in [3.05, 3.63) is 47.5 Å². The first kappa shape index (κ1) is 11.8. The highest BCUT2D eigenvalue weighted by Gasteiger charge is 2.27. The molecule has 20 heavy (non-hydrogen) atoms. The van der Waals surface area contributed by atoms with Gasteiger partial charge in [-0.15, -0.1) is 0 Å². The van der Waals surface area contributed by atoms with Gasteiger partial charge in [-0.2, -0.15) is 10.5 Å². The molecule has 0 atom stereocenters. The Balaban J connectivity index is 2.50. The van der Waals surface area contributed by atoms with E-state index in [1.807, 2.05) is 30.3 Å². The summed E-state index contributed by atoms with van der Waals surface area (Å²) in [5.74, 6) is 0. The topological polar surface area (TPSA) is 99.6 Å². The van der Waals surface area contributed by atoms with Crippen LogP contribution in [0.4, 0.5) is 11.4 Å². The molecule has 0 aromatic carbocycles. The molecule has 0 fully saturated rings. The largest absolute Gasteiger partial charge is 0.398 e. The number of nitrogen functional groups attached to an aromatic ring is 2. The zero-order chi connectivity index (χ0) is 14.3. The molecule has 0 bridgehead atoms. The van der Waals surface area contributed by atoms with Crippen molar-refractivity contribution >= 4 is 11.4 Å². The van der Waals surface area contributed by atoms with Gasteiger partial charge in [0.2, 0.25) is 0 Å². The van der Waals surface area contributed by atoms with Gasteiger partial charge in [-0.3, -0.25) is 0 Å². The average molecular weight is 258 g/mol. The number of rotatable bonds is 0. The lowest BCUT2D eigenvalue weighted by atomic mass is 9.80. The van der Waals surface area contributed by atoms with Crippen LogP contribution in [0.25, 0.3) is 22.3 Å². The van der Waals surface area contributed by atoms with Gasteiger partial charge in [0.15, 0.2) is 0 Å². The standard InChI is InChI=1S/C16H10N4/c17-7-9-3-1-2-4-10-14(9)11-5-6-13(19)12(8-18)16(20)15(10)11/h1-6H,19-20H2. The van der Waals surface area contributed by atoms with Crippen LogP contribution in [0, 0.1) is 22.7 Å². The number of anilines is 2. The van der Waals surface area contributed by atoms with Crippen LogP contribution in [0.1, 0.15) is 11.1 Å². The van der Waals surface area contributed by atoms with Gasteiger partial charge < -0.3 is 11.5 Å². The maximum atomic E-state index is 9.24. The van der Waals surface area contributed by atoms with Crippen molar-refractivity contribution in [2.75, 3.05) is 11.5 Å². The summed E-state index contributed by atoms with van der Waals surface area (Å²) in [6, 6.07) is 15.0. The normalized spacial score (nSPS) is 10.3. The molecule has 3 aliphatic rings. The molecule has 3 aliphatic carbocycles. The van der Waals surface area contributed by atoms with E-state index in [-0.39, 0.29) is 5.56 Å². The fourth-order valence-electron chi connectivity index (χ4n) is 2.53. The minimum atomic E-state index is 0.280. The second-order valence-corrected chi connectivity index (χ2v) is 4.51. The maximum absolute atomic E-state index is 9.24. The number of nitriles is 2. The van der Waals surface area contributed by atoms with Gasteiger partial charge in [-0.1, -0.05) is 24.3 Å². The summed E-state index contributed by atoms with van der Waals surface area (Å²) in [6.45, 7) is 0. The highest BCUT2D eigenvalue weighted by Crippen LogP contribution is 2.51.